The van der Waals surface area contributed by atoms with Crippen molar-refractivity contribution >= 4 is 50.2 Å². The van der Waals surface area contributed by atoms with Crippen molar-refractivity contribution in [2.24, 2.45) is 5.10 Å². The van der Waals surface area contributed by atoms with Gasteiger partial charge in [-0.05, 0) is 57.9 Å². The van der Waals surface area contributed by atoms with Crippen LogP contribution >= 0.6 is 38.9 Å². The van der Waals surface area contributed by atoms with Crippen LogP contribution < -0.4 is 14.9 Å². The van der Waals surface area contributed by atoms with Gasteiger partial charge in [-0.25, -0.2) is 4.98 Å². The number of hydrogen-bond acceptors (Lipinski definition) is 6. The fourth-order valence-electron chi connectivity index (χ4n) is 2.97. The highest BCUT2D eigenvalue weighted by atomic mass is 79.9. The van der Waals surface area contributed by atoms with Gasteiger partial charge in [0.15, 0.2) is 0 Å². The van der Waals surface area contributed by atoms with Crippen LogP contribution in [0.2, 0.25) is 5.02 Å². The second-order valence-electron chi connectivity index (χ2n) is 6.71. The quantitative estimate of drug-likeness (QED) is 0.193. The number of rotatable bonds is 8. The SMILES string of the molecule is COc1ccc(C=NNc2nc(-c3ccccc3)cs2)cc1COc1ccc(Cl)cc1Br. The van der Waals surface area contributed by atoms with Gasteiger partial charge in [0.1, 0.15) is 18.1 Å². The Morgan fingerprint density at radius 3 is 2.69 bits per heavy atom. The second-order valence-corrected chi connectivity index (χ2v) is 8.86. The number of nitrogens with one attached hydrogen (secondary N) is 1. The molecule has 0 bridgehead atoms. The van der Waals surface area contributed by atoms with Crippen molar-refractivity contribution in [3.63, 3.8) is 0 Å². The van der Waals surface area contributed by atoms with E-state index in [2.05, 4.69) is 31.4 Å². The van der Waals surface area contributed by atoms with E-state index in [1.54, 1.807) is 25.5 Å². The van der Waals surface area contributed by atoms with Gasteiger partial charge in [0.25, 0.3) is 0 Å². The van der Waals surface area contributed by atoms with E-state index in [0.717, 1.165) is 37.7 Å². The molecule has 0 aliphatic rings. The summed E-state index contributed by atoms with van der Waals surface area (Å²) in [6.07, 6.45) is 1.74. The predicted octanol–water partition coefficient (Wildman–Crippen LogP) is 7.26. The van der Waals surface area contributed by atoms with E-state index in [0.29, 0.717) is 17.4 Å². The Morgan fingerprint density at radius 2 is 1.91 bits per heavy atom. The molecule has 0 aliphatic carbocycles. The van der Waals surface area contributed by atoms with Crippen LogP contribution in [0.5, 0.6) is 11.5 Å². The third-order valence-corrected chi connectivity index (χ3v) is 6.13. The number of methoxy groups -OCH3 is 1. The molecule has 0 aliphatic heterocycles. The van der Waals surface area contributed by atoms with Gasteiger partial charge in [0.2, 0.25) is 5.13 Å². The largest absolute Gasteiger partial charge is 0.496 e. The first-order chi connectivity index (χ1) is 15.6. The van der Waals surface area contributed by atoms with Gasteiger partial charge in [0.05, 0.1) is 23.5 Å². The fraction of sp³-hybridized carbons (Fsp3) is 0.0833. The first-order valence-electron chi connectivity index (χ1n) is 9.67. The minimum atomic E-state index is 0.339. The summed E-state index contributed by atoms with van der Waals surface area (Å²) in [5.41, 5.74) is 6.81. The molecule has 0 spiro atoms. The molecular weight excluding hydrogens is 510 g/mol. The van der Waals surface area contributed by atoms with Gasteiger partial charge < -0.3 is 9.47 Å². The van der Waals surface area contributed by atoms with Crippen LogP contribution in [0.4, 0.5) is 5.13 Å². The number of aromatic nitrogens is 1. The summed E-state index contributed by atoms with van der Waals surface area (Å²) >= 11 is 11.0. The molecule has 8 heteroatoms. The minimum absolute atomic E-state index is 0.339. The molecule has 4 aromatic rings. The van der Waals surface area contributed by atoms with Gasteiger partial charge in [-0.3, -0.25) is 5.43 Å². The molecular formula is C24H19BrClN3O2S. The zero-order valence-electron chi connectivity index (χ0n) is 17.1. The number of ether oxygens (including phenoxy) is 2. The van der Waals surface area contributed by atoms with Gasteiger partial charge >= 0.3 is 0 Å². The standard InChI is InChI=1S/C24H19BrClN3O2S/c1-30-22-9-7-16(11-18(22)14-31-23-10-8-19(26)12-20(23)25)13-27-29-24-28-21(15-32-24)17-5-3-2-4-6-17/h2-13,15H,14H2,1H3,(H,28,29). The lowest BCUT2D eigenvalue weighted by Crippen LogP contribution is -2.01. The molecule has 1 N–H and O–H groups in total. The molecule has 4 rings (SSSR count). The Kier molecular flexibility index (Phi) is 7.42. The van der Waals surface area contributed by atoms with Crippen molar-refractivity contribution in [3.8, 4) is 22.8 Å². The van der Waals surface area contributed by atoms with Gasteiger partial charge in [-0.15, -0.1) is 11.3 Å². The van der Waals surface area contributed by atoms with E-state index in [9.17, 15) is 0 Å². The lowest BCUT2D eigenvalue weighted by atomic mass is 10.1. The molecule has 1 aromatic heterocycles. The van der Waals surface area contributed by atoms with Crippen molar-refractivity contribution in [2.75, 3.05) is 12.5 Å². The lowest BCUT2D eigenvalue weighted by molar-refractivity contribution is 0.295. The predicted molar refractivity (Wildman–Crippen MR) is 135 cm³/mol. The zero-order valence-corrected chi connectivity index (χ0v) is 20.2. The topological polar surface area (TPSA) is 55.7 Å². The first-order valence-corrected chi connectivity index (χ1v) is 11.7. The summed E-state index contributed by atoms with van der Waals surface area (Å²) in [5, 5.41) is 7.70. The lowest BCUT2D eigenvalue weighted by Gasteiger charge is -2.12. The number of hydrazone groups is 1. The number of thiazole rings is 1. The molecule has 0 atom stereocenters. The molecule has 162 valence electrons. The van der Waals surface area contributed by atoms with E-state index < -0.39 is 0 Å². The Hall–Kier alpha value is -2.87. The Labute approximate surface area is 203 Å². The number of nitrogens with zero attached hydrogens (tertiary/aromatic N) is 2. The molecule has 32 heavy (non-hydrogen) atoms. The molecule has 3 aromatic carbocycles. The fourth-order valence-corrected chi connectivity index (χ4v) is 4.43. The summed E-state index contributed by atoms with van der Waals surface area (Å²) < 4.78 is 12.2. The van der Waals surface area contributed by atoms with Crippen molar-refractivity contribution < 1.29 is 9.47 Å². The molecule has 0 radical (unpaired) electrons. The number of hydrogen-bond donors (Lipinski definition) is 1. The van der Waals surface area contributed by atoms with Crippen molar-refractivity contribution in [2.45, 2.75) is 6.61 Å². The monoisotopic (exact) mass is 527 g/mol. The highest BCUT2D eigenvalue weighted by Gasteiger charge is 2.08. The van der Waals surface area contributed by atoms with E-state index in [4.69, 9.17) is 21.1 Å². The molecule has 1 heterocycles. The first kappa shape index (κ1) is 22.3. The van der Waals surface area contributed by atoms with Crippen LogP contribution in [-0.4, -0.2) is 18.3 Å². The Balaban J connectivity index is 1.43. The van der Waals surface area contributed by atoms with Crippen LogP contribution in [0.15, 0.2) is 81.7 Å². The molecule has 5 nitrogen and oxygen atoms in total. The zero-order chi connectivity index (χ0) is 22.3. The van der Waals surface area contributed by atoms with Crippen LogP contribution in [0, 0.1) is 0 Å². The Morgan fingerprint density at radius 1 is 1.09 bits per heavy atom. The summed E-state index contributed by atoms with van der Waals surface area (Å²) in [5.74, 6) is 1.45. The van der Waals surface area contributed by atoms with E-state index in [1.165, 1.54) is 11.3 Å². The van der Waals surface area contributed by atoms with Crippen LogP contribution in [-0.2, 0) is 6.61 Å². The summed E-state index contributed by atoms with van der Waals surface area (Å²) in [4.78, 5) is 4.57. The van der Waals surface area contributed by atoms with E-state index >= 15 is 0 Å². The van der Waals surface area contributed by atoms with Crippen molar-refractivity contribution in [1.82, 2.24) is 4.98 Å². The number of benzene rings is 3. The summed E-state index contributed by atoms with van der Waals surface area (Å²) in [7, 11) is 1.64. The molecule has 0 saturated heterocycles. The minimum Gasteiger partial charge on any atom is -0.496 e. The maximum Gasteiger partial charge on any atom is 0.203 e. The van der Waals surface area contributed by atoms with Crippen LogP contribution in [0.25, 0.3) is 11.3 Å². The van der Waals surface area contributed by atoms with Crippen LogP contribution in [0.3, 0.4) is 0 Å². The average molecular weight is 529 g/mol. The maximum absolute atomic E-state index is 6.00. The third kappa shape index (κ3) is 5.68. The van der Waals surface area contributed by atoms with Gasteiger partial charge in [-0.2, -0.15) is 5.10 Å². The summed E-state index contributed by atoms with van der Waals surface area (Å²) in [6, 6.07) is 21.3. The highest BCUT2D eigenvalue weighted by molar-refractivity contribution is 9.10. The van der Waals surface area contributed by atoms with Crippen molar-refractivity contribution in [1.29, 1.82) is 0 Å². The smallest absolute Gasteiger partial charge is 0.203 e. The number of anilines is 1. The molecule has 0 saturated carbocycles. The van der Waals surface area contributed by atoms with Crippen molar-refractivity contribution in [3.05, 3.63) is 92.7 Å². The van der Waals surface area contributed by atoms with E-state index in [1.807, 2.05) is 60.0 Å². The maximum atomic E-state index is 6.00. The van der Waals surface area contributed by atoms with Crippen LogP contribution in [0.1, 0.15) is 11.1 Å². The molecule has 0 fully saturated rings. The number of halogens is 2. The third-order valence-electron chi connectivity index (χ3n) is 4.53. The van der Waals surface area contributed by atoms with E-state index in [-0.39, 0.29) is 0 Å². The van der Waals surface area contributed by atoms with Gasteiger partial charge in [0, 0.05) is 21.5 Å². The Bertz CT molecular complexity index is 1230. The van der Waals surface area contributed by atoms with Gasteiger partial charge in [-0.1, -0.05) is 41.9 Å². The second kappa shape index (κ2) is 10.6. The molecule has 0 unspecified atom stereocenters. The summed E-state index contributed by atoms with van der Waals surface area (Å²) in [6.45, 7) is 0.339. The average Bonchev–Trinajstić information content (AvgIpc) is 3.28. The highest BCUT2D eigenvalue weighted by Crippen LogP contribution is 2.30. The molecule has 0 amide bonds. The normalized spacial score (nSPS) is 11.0.